The third-order valence-electron chi connectivity index (χ3n) is 7.53. The lowest BCUT2D eigenvalue weighted by Gasteiger charge is -2.38. The van der Waals surface area contributed by atoms with Gasteiger partial charge in [0.1, 0.15) is 6.04 Å². The minimum atomic E-state index is -0.947. The summed E-state index contributed by atoms with van der Waals surface area (Å²) in [5, 5.41) is 5.86. The Kier molecular flexibility index (Phi) is 4.52. The Balaban J connectivity index is 1.40. The zero-order valence-corrected chi connectivity index (χ0v) is 16.8. The Morgan fingerprint density at radius 3 is 2.63 bits per heavy atom. The number of benzene rings is 1. The van der Waals surface area contributed by atoms with Crippen molar-refractivity contribution in [2.24, 2.45) is 17.6 Å². The first-order valence-electron chi connectivity index (χ1n) is 10.7. The van der Waals surface area contributed by atoms with Crippen LogP contribution >= 0.6 is 0 Å². The first-order chi connectivity index (χ1) is 14.4. The highest BCUT2D eigenvalue weighted by atomic mass is 16.2. The zero-order valence-electron chi connectivity index (χ0n) is 16.8. The van der Waals surface area contributed by atoms with Gasteiger partial charge in [0.05, 0.1) is 11.1 Å². The van der Waals surface area contributed by atoms with Crippen LogP contribution in [-0.4, -0.2) is 46.7 Å². The minimum absolute atomic E-state index is 0.111. The monoisotopic (exact) mass is 410 g/mol. The van der Waals surface area contributed by atoms with Gasteiger partial charge in [-0.15, -0.1) is 0 Å². The van der Waals surface area contributed by atoms with Crippen LogP contribution in [-0.2, 0) is 16.1 Å². The molecule has 5 rings (SSSR count). The molecule has 8 nitrogen and oxygen atoms in total. The van der Waals surface area contributed by atoms with Crippen molar-refractivity contribution in [2.45, 2.75) is 56.7 Å². The number of nitrogens with zero attached hydrogens (tertiary/aromatic N) is 1. The van der Waals surface area contributed by atoms with Crippen LogP contribution in [0.3, 0.4) is 0 Å². The Morgan fingerprint density at radius 1 is 1.13 bits per heavy atom. The average molecular weight is 410 g/mol. The van der Waals surface area contributed by atoms with Gasteiger partial charge >= 0.3 is 0 Å². The second-order valence-corrected chi connectivity index (χ2v) is 9.08. The number of carbonyl (C=O) groups excluding carboxylic acids is 4. The molecule has 3 fully saturated rings. The highest BCUT2D eigenvalue weighted by molar-refractivity contribution is 6.24. The number of nitrogens with two attached hydrogens (primary N) is 1. The fraction of sp³-hybridized carbons (Fsp3) is 0.545. The fourth-order valence-electron chi connectivity index (χ4n) is 5.99. The van der Waals surface area contributed by atoms with Gasteiger partial charge in [-0.05, 0) is 49.1 Å². The van der Waals surface area contributed by atoms with Crippen molar-refractivity contribution in [1.82, 2.24) is 15.5 Å². The second kappa shape index (κ2) is 6.99. The molecule has 0 aromatic heterocycles. The zero-order chi connectivity index (χ0) is 21.0. The lowest BCUT2D eigenvalue weighted by Crippen LogP contribution is -2.55. The van der Waals surface area contributed by atoms with Gasteiger partial charge in [-0.25, -0.2) is 0 Å². The van der Waals surface area contributed by atoms with Crippen LogP contribution in [0.1, 0.15) is 64.8 Å². The number of carbonyl (C=O) groups is 4. The van der Waals surface area contributed by atoms with Crippen LogP contribution in [0.4, 0.5) is 0 Å². The highest BCUT2D eigenvalue weighted by Gasteiger charge is 2.50. The number of amides is 4. The predicted molar refractivity (Wildman–Crippen MR) is 107 cm³/mol. The quantitative estimate of drug-likeness (QED) is 0.614. The molecule has 2 saturated carbocycles. The van der Waals surface area contributed by atoms with E-state index in [1.165, 1.54) is 19.3 Å². The molecule has 0 spiro atoms. The van der Waals surface area contributed by atoms with Crippen LogP contribution in [0.25, 0.3) is 0 Å². The molecule has 8 heteroatoms. The molecular weight excluding hydrogens is 384 g/mol. The summed E-state index contributed by atoms with van der Waals surface area (Å²) in [5.74, 6) is -0.628. The number of nitrogens with one attached hydrogen (secondary N) is 2. The summed E-state index contributed by atoms with van der Waals surface area (Å²) in [6.07, 6.45) is 4.98. The van der Waals surface area contributed by atoms with Gasteiger partial charge in [0.15, 0.2) is 0 Å². The molecule has 158 valence electrons. The standard InChI is InChI=1S/C22H26N4O4/c23-11-22(9-12-4-5-14(22)8-12)24-10-13-2-1-3-15-18(13)21(30)26(20(15)29)16-6-7-17(27)25-19(16)28/h1-3,12,14,16,24H,4-11,23H2,(H,25,27,28). The molecule has 2 aliphatic carbocycles. The topological polar surface area (TPSA) is 122 Å². The van der Waals surface area contributed by atoms with E-state index in [9.17, 15) is 19.2 Å². The van der Waals surface area contributed by atoms with E-state index in [-0.39, 0.29) is 24.3 Å². The van der Waals surface area contributed by atoms with Crippen molar-refractivity contribution in [3.63, 3.8) is 0 Å². The number of rotatable bonds is 5. The van der Waals surface area contributed by atoms with Crippen LogP contribution in [0, 0.1) is 11.8 Å². The summed E-state index contributed by atoms with van der Waals surface area (Å²) in [5.41, 5.74) is 7.47. The number of fused-ring (bicyclic) bond motifs is 3. The number of imide groups is 2. The lowest BCUT2D eigenvalue weighted by molar-refractivity contribution is -0.136. The van der Waals surface area contributed by atoms with Crippen LogP contribution in [0.15, 0.2) is 18.2 Å². The maximum absolute atomic E-state index is 13.2. The summed E-state index contributed by atoms with van der Waals surface area (Å²) < 4.78 is 0. The summed E-state index contributed by atoms with van der Waals surface area (Å²) >= 11 is 0. The summed E-state index contributed by atoms with van der Waals surface area (Å²) in [6.45, 7) is 1.00. The summed E-state index contributed by atoms with van der Waals surface area (Å²) in [6, 6.07) is 4.30. The van der Waals surface area contributed by atoms with Gasteiger partial charge in [-0.3, -0.25) is 29.4 Å². The molecule has 4 amide bonds. The van der Waals surface area contributed by atoms with E-state index in [1.807, 2.05) is 6.07 Å². The van der Waals surface area contributed by atoms with Gasteiger partial charge in [-0.1, -0.05) is 18.6 Å². The molecule has 2 heterocycles. The Morgan fingerprint density at radius 2 is 1.97 bits per heavy atom. The molecule has 1 aromatic carbocycles. The lowest BCUT2D eigenvalue weighted by atomic mass is 9.80. The van der Waals surface area contributed by atoms with Crippen LogP contribution < -0.4 is 16.4 Å². The third kappa shape index (κ3) is 2.81. The van der Waals surface area contributed by atoms with Crippen LogP contribution in [0.5, 0.6) is 0 Å². The van der Waals surface area contributed by atoms with E-state index in [0.29, 0.717) is 30.1 Å². The Labute approximate surface area is 174 Å². The summed E-state index contributed by atoms with van der Waals surface area (Å²) in [4.78, 5) is 50.9. The van der Waals surface area contributed by atoms with E-state index < -0.39 is 23.8 Å². The van der Waals surface area contributed by atoms with Gasteiger partial charge in [0, 0.05) is 25.0 Å². The molecule has 1 aromatic rings. The van der Waals surface area contributed by atoms with Gasteiger partial charge in [0.2, 0.25) is 11.8 Å². The Hall–Kier alpha value is -2.58. The van der Waals surface area contributed by atoms with E-state index >= 15 is 0 Å². The van der Waals surface area contributed by atoms with Crippen molar-refractivity contribution >= 4 is 23.6 Å². The predicted octanol–water partition coefficient (Wildman–Crippen LogP) is 0.695. The summed E-state index contributed by atoms with van der Waals surface area (Å²) in [7, 11) is 0. The second-order valence-electron chi connectivity index (χ2n) is 9.08. The molecule has 4 N–H and O–H groups in total. The van der Waals surface area contributed by atoms with Crippen molar-refractivity contribution in [3.05, 3.63) is 34.9 Å². The molecule has 4 unspecified atom stereocenters. The van der Waals surface area contributed by atoms with Crippen molar-refractivity contribution in [3.8, 4) is 0 Å². The van der Waals surface area contributed by atoms with E-state index in [0.717, 1.165) is 22.8 Å². The van der Waals surface area contributed by atoms with Crippen molar-refractivity contribution in [1.29, 1.82) is 0 Å². The SMILES string of the molecule is NCC1(NCc2cccc3c2C(=O)N(C2CCC(=O)NC2=O)C3=O)CC2CCC1C2. The van der Waals surface area contributed by atoms with Gasteiger partial charge in [0.25, 0.3) is 11.8 Å². The molecule has 2 bridgehead atoms. The number of hydrogen-bond acceptors (Lipinski definition) is 6. The largest absolute Gasteiger partial charge is 0.329 e. The van der Waals surface area contributed by atoms with Gasteiger partial charge < -0.3 is 11.1 Å². The molecular formula is C22H26N4O4. The van der Waals surface area contributed by atoms with E-state index in [4.69, 9.17) is 5.73 Å². The maximum atomic E-state index is 13.2. The number of hydrogen-bond donors (Lipinski definition) is 3. The first kappa shape index (κ1) is 19.4. The molecule has 2 aliphatic heterocycles. The van der Waals surface area contributed by atoms with E-state index in [1.54, 1.807) is 12.1 Å². The normalized spacial score (nSPS) is 32.7. The van der Waals surface area contributed by atoms with E-state index in [2.05, 4.69) is 10.6 Å². The molecule has 30 heavy (non-hydrogen) atoms. The van der Waals surface area contributed by atoms with Crippen LogP contribution in [0.2, 0.25) is 0 Å². The smallest absolute Gasteiger partial charge is 0.262 e. The molecule has 4 atom stereocenters. The fourth-order valence-corrected chi connectivity index (χ4v) is 5.99. The molecule has 1 saturated heterocycles. The highest BCUT2D eigenvalue weighted by Crippen LogP contribution is 2.50. The van der Waals surface area contributed by atoms with Crippen molar-refractivity contribution in [2.75, 3.05) is 6.54 Å². The number of piperidine rings is 1. The third-order valence-corrected chi connectivity index (χ3v) is 7.53. The molecule has 0 radical (unpaired) electrons. The Bertz CT molecular complexity index is 960. The van der Waals surface area contributed by atoms with Gasteiger partial charge in [-0.2, -0.15) is 0 Å². The first-order valence-corrected chi connectivity index (χ1v) is 10.7. The maximum Gasteiger partial charge on any atom is 0.262 e. The minimum Gasteiger partial charge on any atom is -0.329 e. The average Bonchev–Trinajstić information content (AvgIpc) is 3.41. The van der Waals surface area contributed by atoms with Crippen molar-refractivity contribution < 1.29 is 19.2 Å². The molecule has 4 aliphatic rings.